The Labute approximate surface area is 108 Å². The smallest absolute Gasteiger partial charge is 0.392 e. The monoisotopic (exact) mass is 261 g/mol. The molecule has 0 aliphatic rings. The van der Waals surface area contributed by atoms with Gasteiger partial charge in [-0.05, 0) is 29.5 Å². The molecule has 0 fully saturated rings. The number of carboxylic acid groups (broad SMARTS) is 1. The van der Waals surface area contributed by atoms with Gasteiger partial charge in [0.1, 0.15) is 0 Å². The van der Waals surface area contributed by atoms with Crippen LogP contribution < -0.4 is 0 Å². The number of aromatic carboxylic acids is 1. The van der Waals surface area contributed by atoms with Crippen LogP contribution in [0.1, 0.15) is 21.5 Å². The molecule has 98 valence electrons. The molecule has 1 heterocycles. The minimum atomic E-state index is -0.989. The minimum absolute atomic E-state index is 0.165. The fourth-order valence-corrected chi connectivity index (χ4v) is 1.71. The summed E-state index contributed by atoms with van der Waals surface area (Å²) >= 11 is 0. The van der Waals surface area contributed by atoms with Crippen LogP contribution in [0.2, 0.25) is 0 Å². The van der Waals surface area contributed by atoms with Crippen molar-refractivity contribution < 1.29 is 14.8 Å². The molecule has 7 heteroatoms. The van der Waals surface area contributed by atoms with Gasteiger partial charge in [-0.1, -0.05) is 12.1 Å². The van der Waals surface area contributed by atoms with Crippen molar-refractivity contribution in [3.8, 4) is 0 Å². The van der Waals surface area contributed by atoms with E-state index in [0.717, 1.165) is 5.56 Å². The first-order valence-corrected chi connectivity index (χ1v) is 5.48. The normalized spacial score (nSPS) is 10.4. The van der Waals surface area contributed by atoms with E-state index in [-0.39, 0.29) is 11.4 Å². The van der Waals surface area contributed by atoms with Crippen molar-refractivity contribution in [1.29, 1.82) is 0 Å². The lowest BCUT2D eigenvalue weighted by Gasteiger charge is -1.99. The summed E-state index contributed by atoms with van der Waals surface area (Å²) < 4.78 is 1.46. The van der Waals surface area contributed by atoms with E-state index in [1.807, 2.05) is 0 Å². The number of rotatable bonds is 4. The summed E-state index contributed by atoms with van der Waals surface area (Å²) in [7, 11) is 0. The molecule has 2 aromatic rings. The summed E-state index contributed by atoms with van der Waals surface area (Å²) in [4.78, 5) is 20.8. The lowest BCUT2D eigenvalue weighted by molar-refractivity contribution is -0.390. The van der Waals surface area contributed by atoms with Crippen LogP contribution in [0.15, 0.2) is 30.5 Å². The number of benzene rings is 1. The highest BCUT2D eigenvalue weighted by atomic mass is 16.6. The predicted octanol–water partition coefficient (Wildman–Crippen LogP) is 1.85. The minimum Gasteiger partial charge on any atom is -0.478 e. The molecule has 0 unspecified atom stereocenters. The van der Waals surface area contributed by atoms with Crippen LogP contribution in [0.5, 0.6) is 0 Å². The molecule has 0 aliphatic carbocycles. The van der Waals surface area contributed by atoms with Crippen molar-refractivity contribution >= 4 is 11.8 Å². The molecule has 0 saturated carbocycles. The van der Waals surface area contributed by atoms with Gasteiger partial charge >= 0.3 is 11.8 Å². The molecule has 1 aromatic carbocycles. The molecular formula is C12H11N3O4. The summed E-state index contributed by atoms with van der Waals surface area (Å²) in [6.07, 6.45) is 1.59. The Kier molecular flexibility index (Phi) is 3.28. The molecule has 0 atom stereocenters. The number of carboxylic acids is 1. The molecule has 0 amide bonds. The van der Waals surface area contributed by atoms with Gasteiger partial charge in [-0.3, -0.25) is 0 Å². The number of aryl methyl sites for hydroxylation is 1. The van der Waals surface area contributed by atoms with Crippen molar-refractivity contribution in [3.63, 3.8) is 0 Å². The van der Waals surface area contributed by atoms with Gasteiger partial charge in [-0.25, -0.2) is 4.79 Å². The topological polar surface area (TPSA) is 98.3 Å². The van der Waals surface area contributed by atoms with Gasteiger partial charge in [0.25, 0.3) is 0 Å². The molecule has 0 radical (unpaired) electrons. The quantitative estimate of drug-likeness (QED) is 0.668. The Balaban J connectivity index is 2.19. The number of hydrogen-bond acceptors (Lipinski definition) is 4. The Hall–Kier alpha value is -2.70. The molecule has 1 aromatic heterocycles. The third-order valence-corrected chi connectivity index (χ3v) is 2.64. The second kappa shape index (κ2) is 4.89. The Bertz CT molecular complexity index is 631. The Morgan fingerprint density at radius 2 is 2.05 bits per heavy atom. The van der Waals surface area contributed by atoms with E-state index in [0.29, 0.717) is 12.1 Å². The average Bonchev–Trinajstić information content (AvgIpc) is 2.71. The molecule has 0 bridgehead atoms. The van der Waals surface area contributed by atoms with Crippen molar-refractivity contribution in [2.75, 3.05) is 0 Å². The van der Waals surface area contributed by atoms with Gasteiger partial charge in [0.15, 0.2) is 0 Å². The summed E-state index contributed by atoms with van der Waals surface area (Å²) in [5, 5.41) is 23.3. The lowest BCUT2D eigenvalue weighted by atomic mass is 10.1. The van der Waals surface area contributed by atoms with E-state index in [1.54, 1.807) is 25.3 Å². The standard InChI is InChI=1S/C12H11N3O4/c1-8-6-14(13-11(8)15(18)19)7-9-2-4-10(5-3-9)12(16)17/h2-6H,7H2,1H3,(H,16,17). The highest BCUT2D eigenvalue weighted by Crippen LogP contribution is 2.15. The summed E-state index contributed by atoms with van der Waals surface area (Å²) in [6.45, 7) is 1.98. The molecule has 0 saturated heterocycles. The highest BCUT2D eigenvalue weighted by molar-refractivity contribution is 5.87. The fourth-order valence-electron chi connectivity index (χ4n) is 1.71. The average molecular weight is 261 g/mol. The number of aromatic nitrogens is 2. The molecule has 19 heavy (non-hydrogen) atoms. The van der Waals surface area contributed by atoms with E-state index in [9.17, 15) is 14.9 Å². The predicted molar refractivity (Wildman–Crippen MR) is 66.1 cm³/mol. The Morgan fingerprint density at radius 1 is 1.42 bits per heavy atom. The van der Waals surface area contributed by atoms with Crippen molar-refractivity contribution in [3.05, 3.63) is 57.3 Å². The zero-order chi connectivity index (χ0) is 14.0. The zero-order valence-corrected chi connectivity index (χ0v) is 10.1. The van der Waals surface area contributed by atoms with Gasteiger partial charge < -0.3 is 15.2 Å². The number of hydrogen-bond donors (Lipinski definition) is 1. The third kappa shape index (κ3) is 2.76. The number of nitro groups is 1. The van der Waals surface area contributed by atoms with E-state index in [1.165, 1.54) is 16.8 Å². The van der Waals surface area contributed by atoms with E-state index in [4.69, 9.17) is 5.11 Å². The number of carbonyl (C=O) groups is 1. The van der Waals surface area contributed by atoms with Crippen LogP contribution in [-0.2, 0) is 6.54 Å². The zero-order valence-electron chi connectivity index (χ0n) is 10.1. The van der Waals surface area contributed by atoms with Gasteiger partial charge in [-0.15, -0.1) is 0 Å². The molecule has 0 aliphatic heterocycles. The first kappa shape index (κ1) is 12.7. The van der Waals surface area contributed by atoms with E-state index in [2.05, 4.69) is 5.10 Å². The molecule has 7 nitrogen and oxygen atoms in total. The summed E-state index contributed by atoms with van der Waals surface area (Å²) in [6, 6.07) is 6.30. The van der Waals surface area contributed by atoms with Crippen LogP contribution in [0, 0.1) is 17.0 Å². The maximum atomic E-state index is 10.7. The van der Waals surface area contributed by atoms with Crippen molar-refractivity contribution in [1.82, 2.24) is 9.78 Å². The van der Waals surface area contributed by atoms with E-state index < -0.39 is 10.9 Å². The van der Waals surface area contributed by atoms with Crippen LogP contribution in [0.4, 0.5) is 5.82 Å². The van der Waals surface area contributed by atoms with Gasteiger partial charge in [-0.2, -0.15) is 4.68 Å². The fraction of sp³-hybridized carbons (Fsp3) is 0.167. The maximum absolute atomic E-state index is 10.7. The first-order valence-electron chi connectivity index (χ1n) is 5.48. The van der Waals surface area contributed by atoms with Crippen LogP contribution in [-0.4, -0.2) is 25.8 Å². The molecule has 0 spiro atoms. The van der Waals surface area contributed by atoms with Crippen LogP contribution in [0.25, 0.3) is 0 Å². The third-order valence-electron chi connectivity index (χ3n) is 2.64. The van der Waals surface area contributed by atoms with Gasteiger partial charge in [0.2, 0.25) is 0 Å². The van der Waals surface area contributed by atoms with Crippen LogP contribution >= 0.6 is 0 Å². The van der Waals surface area contributed by atoms with E-state index >= 15 is 0 Å². The highest BCUT2D eigenvalue weighted by Gasteiger charge is 2.16. The van der Waals surface area contributed by atoms with Gasteiger partial charge in [0, 0.05) is 0 Å². The van der Waals surface area contributed by atoms with Gasteiger partial charge in [0.05, 0.1) is 29.0 Å². The summed E-state index contributed by atoms with van der Waals surface area (Å²) in [5.74, 6) is -1.15. The Morgan fingerprint density at radius 3 is 2.53 bits per heavy atom. The van der Waals surface area contributed by atoms with Crippen LogP contribution in [0.3, 0.4) is 0 Å². The van der Waals surface area contributed by atoms with Crippen molar-refractivity contribution in [2.24, 2.45) is 0 Å². The second-order valence-electron chi connectivity index (χ2n) is 4.09. The second-order valence-corrected chi connectivity index (χ2v) is 4.09. The van der Waals surface area contributed by atoms with Crippen molar-refractivity contribution in [2.45, 2.75) is 13.5 Å². The lowest BCUT2D eigenvalue weighted by Crippen LogP contribution is -2.02. The first-order chi connectivity index (χ1) is 8.97. The SMILES string of the molecule is Cc1cn(Cc2ccc(C(=O)O)cc2)nc1[N+](=O)[O-]. The summed E-state index contributed by atoms with van der Waals surface area (Å²) in [5.41, 5.74) is 1.51. The maximum Gasteiger partial charge on any atom is 0.392 e. The molecule has 2 rings (SSSR count). The molecule has 1 N–H and O–H groups in total. The largest absolute Gasteiger partial charge is 0.478 e. The molecular weight excluding hydrogens is 250 g/mol. The number of nitrogens with zero attached hydrogens (tertiary/aromatic N) is 3.